The molecule has 0 bridgehead atoms. The molecule has 0 fully saturated rings. The van der Waals surface area contributed by atoms with Crippen LogP contribution in [0.15, 0.2) is 91.5 Å². The Morgan fingerprint density at radius 3 is 2.50 bits per heavy atom. The van der Waals surface area contributed by atoms with Gasteiger partial charge in [0.2, 0.25) is 0 Å². The zero-order chi connectivity index (χ0) is 25.3. The van der Waals surface area contributed by atoms with E-state index in [1.54, 1.807) is 42.5 Å². The molecule has 2 aliphatic carbocycles. The Morgan fingerprint density at radius 2 is 1.75 bits per heavy atom. The van der Waals surface area contributed by atoms with Crippen molar-refractivity contribution in [3.05, 3.63) is 113 Å². The Balaban J connectivity index is 1.61. The molecule has 0 radical (unpaired) electrons. The fraction of sp³-hybridized carbons (Fsp3) is 0.154. The molecule has 3 aromatic rings. The largest absolute Gasteiger partial charge is 0.508 e. The molecule has 10 heteroatoms. The smallest absolute Gasteiger partial charge is 0.352 e. The molecule has 2 aromatic carbocycles. The lowest BCUT2D eigenvalue weighted by Crippen LogP contribution is -2.40. The van der Waals surface area contributed by atoms with Gasteiger partial charge in [0, 0.05) is 40.1 Å². The predicted molar refractivity (Wildman–Crippen MR) is 136 cm³/mol. The summed E-state index contributed by atoms with van der Waals surface area (Å²) in [6, 6.07) is 12.4. The van der Waals surface area contributed by atoms with Crippen LogP contribution in [0.5, 0.6) is 5.75 Å². The number of phenolic OH excluding ortho intramolecular Hbond substituents is 1. The fourth-order valence-electron chi connectivity index (χ4n) is 5.39. The standard InChI is InChI=1S/C26H17BrClN3O5/c27-18-12-21(33)23-17(24(18)34)11-19-15(22(23)16-10-13(28)6-7-20(16)32)8-9-29-25(35)30(26(36)31(19)29)14-4-2-1-3-5-14/h1-8,10,12,19,22,32H,9,11H2/t19-,22-/m1/s1. The molecule has 2 atom stereocenters. The number of allylic oxidation sites excluding steroid dienone is 6. The maximum Gasteiger partial charge on any atom is 0.352 e. The van der Waals surface area contributed by atoms with Crippen LogP contribution in [0.3, 0.4) is 0 Å². The normalized spacial score (nSPS) is 20.9. The number of carbonyl (C=O) groups excluding carboxylic acids is 2. The predicted octanol–water partition coefficient (Wildman–Crippen LogP) is 3.56. The molecule has 1 N–H and O–H groups in total. The number of nitrogens with zero attached hydrogens (tertiary/aromatic N) is 3. The zero-order valence-electron chi connectivity index (χ0n) is 18.5. The molecule has 1 aliphatic heterocycles. The van der Waals surface area contributed by atoms with Crippen LogP contribution in [0.1, 0.15) is 23.9 Å². The third kappa shape index (κ3) is 3.19. The van der Waals surface area contributed by atoms with Crippen LogP contribution in [0.4, 0.5) is 0 Å². The van der Waals surface area contributed by atoms with Crippen molar-refractivity contribution in [3.8, 4) is 11.4 Å². The maximum atomic E-state index is 13.6. The number of rotatable bonds is 2. The summed E-state index contributed by atoms with van der Waals surface area (Å²) in [5.41, 5.74) is 0.851. The number of hydrogen-bond acceptors (Lipinski definition) is 5. The number of fused-ring (bicyclic) bond motifs is 3. The molecular formula is C26H17BrClN3O5. The van der Waals surface area contributed by atoms with Gasteiger partial charge >= 0.3 is 11.4 Å². The molecule has 0 unspecified atom stereocenters. The molecule has 6 rings (SSSR count). The van der Waals surface area contributed by atoms with Crippen LogP contribution < -0.4 is 11.4 Å². The number of carbonyl (C=O) groups is 2. The monoisotopic (exact) mass is 565 g/mol. The molecule has 180 valence electrons. The second kappa shape index (κ2) is 8.18. The van der Waals surface area contributed by atoms with Crippen molar-refractivity contribution in [3.63, 3.8) is 0 Å². The van der Waals surface area contributed by atoms with E-state index < -0.39 is 23.3 Å². The summed E-state index contributed by atoms with van der Waals surface area (Å²) in [5.74, 6) is -1.65. The number of benzene rings is 2. The van der Waals surface area contributed by atoms with Crippen molar-refractivity contribution in [1.29, 1.82) is 0 Å². The molecule has 0 amide bonds. The van der Waals surface area contributed by atoms with Crippen LogP contribution in [-0.4, -0.2) is 30.6 Å². The number of aromatic hydroxyl groups is 1. The highest BCUT2D eigenvalue weighted by Gasteiger charge is 2.45. The number of phenols is 1. The topological polar surface area (TPSA) is 103 Å². The molecule has 3 aliphatic rings. The maximum absolute atomic E-state index is 13.6. The highest BCUT2D eigenvalue weighted by Crippen LogP contribution is 2.51. The molecule has 1 aromatic heterocycles. The summed E-state index contributed by atoms with van der Waals surface area (Å²) in [5, 5.41) is 11.1. The first-order valence-electron chi connectivity index (χ1n) is 11.2. The summed E-state index contributed by atoms with van der Waals surface area (Å²) < 4.78 is 3.91. The van der Waals surface area contributed by atoms with Gasteiger partial charge < -0.3 is 5.11 Å². The minimum Gasteiger partial charge on any atom is -0.508 e. The molecule has 36 heavy (non-hydrogen) atoms. The van der Waals surface area contributed by atoms with Gasteiger partial charge in [-0.05, 0) is 51.8 Å². The van der Waals surface area contributed by atoms with Gasteiger partial charge in [-0.15, -0.1) is 0 Å². The Labute approximate surface area is 217 Å². The first-order valence-corrected chi connectivity index (χ1v) is 12.3. The van der Waals surface area contributed by atoms with Gasteiger partial charge in [-0.25, -0.2) is 23.5 Å². The van der Waals surface area contributed by atoms with E-state index in [2.05, 4.69) is 15.9 Å². The third-order valence-corrected chi connectivity index (χ3v) is 7.74. The second-order valence-corrected chi connectivity index (χ2v) is 10.1. The Bertz CT molecular complexity index is 1710. The third-order valence-electron chi connectivity index (χ3n) is 6.91. The van der Waals surface area contributed by atoms with Gasteiger partial charge in [-0.1, -0.05) is 35.9 Å². The molecule has 2 heterocycles. The minimum atomic E-state index is -0.818. The van der Waals surface area contributed by atoms with Crippen LogP contribution in [0.25, 0.3) is 5.69 Å². The highest BCUT2D eigenvalue weighted by molar-refractivity contribution is 9.12. The van der Waals surface area contributed by atoms with Crippen LogP contribution in [0, 0.1) is 0 Å². The van der Waals surface area contributed by atoms with Crippen molar-refractivity contribution in [1.82, 2.24) is 13.9 Å². The van der Waals surface area contributed by atoms with Gasteiger partial charge in [-0.3, -0.25) is 9.59 Å². The van der Waals surface area contributed by atoms with E-state index in [-0.39, 0.29) is 45.9 Å². The Kier molecular flexibility index (Phi) is 5.17. The van der Waals surface area contributed by atoms with Crippen LogP contribution in [-0.2, 0) is 16.1 Å². The number of hydrogen-bond donors (Lipinski definition) is 1. The van der Waals surface area contributed by atoms with Crippen molar-refractivity contribution in [2.45, 2.75) is 24.9 Å². The number of ketones is 2. The zero-order valence-corrected chi connectivity index (χ0v) is 20.9. The van der Waals surface area contributed by atoms with Crippen molar-refractivity contribution >= 4 is 39.1 Å². The lowest BCUT2D eigenvalue weighted by atomic mass is 9.68. The quantitative estimate of drug-likeness (QED) is 0.378. The average Bonchev–Trinajstić information content (AvgIpc) is 3.13. The van der Waals surface area contributed by atoms with Gasteiger partial charge in [0.15, 0.2) is 11.6 Å². The molecule has 0 saturated carbocycles. The first kappa shape index (κ1) is 22.8. The molecule has 8 nitrogen and oxygen atoms in total. The summed E-state index contributed by atoms with van der Waals surface area (Å²) >= 11 is 9.43. The van der Waals surface area contributed by atoms with E-state index in [4.69, 9.17) is 11.6 Å². The van der Waals surface area contributed by atoms with Gasteiger partial charge in [0.1, 0.15) is 5.75 Å². The lowest BCUT2D eigenvalue weighted by molar-refractivity contribution is -0.115. The molecule has 0 spiro atoms. The van der Waals surface area contributed by atoms with Crippen LogP contribution >= 0.6 is 27.5 Å². The van der Waals surface area contributed by atoms with Gasteiger partial charge in [0.05, 0.1) is 22.8 Å². The number of Topliss-reactive ketones (excluding diaryl/α,β-unsaturated/α-hetero) is 1. The summed E-state index contributed by atoms with van der Waals surface area (Å²) in [6.45, 7) is 0.0852. The van der Waals surface area contributed by atoms with Gasteiger partial charge in [0.25, 0.3) is 0 Å². The van der Waals surface area contributed by atoms with Crippen molar-refractivity contribution in [2.75, 3.05) is 0 Å². The Morgan fingerprint density at radius 1 is 1.00 bits per heavy atom. The van der Waals surface area contributed by atoms with Crippen molar-refractivity contribution in [2.24, 2.45) is 0 Å². The van der Waals surface area contributed by atoms with E-state index in [0.717, 1.165) is 4.57 Å². The SMILES string of the molecule is O=C1C=C(Br)C(=O)C2=C1[C@@H](c1cc(Cl)ccc1O)C1=CCn3c(=O)n(-c4ccccc4)c(=O)n3[C@@H]1C2. The second-order valence-electron chi connectivity index (χ2n) is 8.80. The van der Waals surface area contributed by atoms with Crippen molar-refractivity contribution < 1.29 is 14.7 Å². The summed E-state index contributed by atoms with van der Waals surface area (Å²) in [7, 11) is 0. The lowest BCUT2D eigenvalue weighted by Gasteiger charge is -2.39. The number of para-hydroxylation sites is 1. The first-order chi connectivity index (χ1) is 17.3. The summed E-state index contributed by atoms with van der Waals surface area (Å²) in [6.07, 6.45) is 3.07. The van der Waals surface area contributed by atoms with E-state index in [1.165, 1.54) is 27.6 Å². The van der Waals surface area contributed by atoms with E-state index in [0.29, 0.717) is 21.8 Å². The van der Waals surface area contributed by atoms with E-state index >= 15 is 0 Å². The highest BCUT2D eigenvalue weighted by atomic mass is 79.9. The molecule has 0 saturated heterocycles. The van der Waals surface area contributed by atoms with Gasteiger partial charge in [-0.2, -0.15) is 0 Å². The molecular weight excluding hydrogens is 550 g/mol. The fourth-order valence-corrected chi connectivity index (χ4v) is 6.02. The average molecular weight is 567 g/mol. The number of aromatic nitrogens is 3. The number of halogens is 2. The summed E-state index contributed by atoms with van der Waals surface area (Å²) in [4.78, 5) is 53.3. The minimum absolute atomic E-state index is 0.0463. The van der Waals surface area contributed by atoms with E-state index in [9.17, 15) is 24.3 Å². The van der Waals surface area contributed by atoms with E-state index in [1.807, 2.05) is 0 Å². The Hall–Kier alpha value is -3.69. The van der Waals surface area contributed by atoms with Crippen LogP contribution in [0.2, 0.25) is 5.02 Å².